The number of hydrogen-bond donors (Lipinski definition) is 1. The number of nitrogens with zero attached hydrogens (tertiary/aromatic N) is 1. The van der Waals surface area contributed by atoms with Crippen LogP contribution in [0.5, 0.6) is 0 Å². The molecule has 16 heavy (non-hydrogen) atoms. The Morgan fingerprint density at radius 1 is 1.38 bits per heavy atom. The van der Waals surface area contributed by atoms with Crippen LogP contribution in [0.1, 0.15) is 13.3 Å². The standard InChI is InChI=1S/C13H20N2S/c1-3-16-13-6-4-11(5-7-13)15(2)12-8-9-14-10-12/h4-7,12,14H,3,8-10H2,1-2H3. The number of anilines is 1. The Kier molecular flexibility index (Phi) is 4.13. The van der Waals surface area contributed by atoms with E-state index in [0.29, 0.717) is 6.04 Å². The molecule has 0 saturated carbocycles. The molecule has 1 fully saturated rings. The lowest BCUT2D eigenvalue weighted by atomic mass is 10.2. The van der Waals surface area contributed by atoms with Crippen molar-refractivity contribution in [2.45, 2.75) is 24.3 Å². The van der Waals surface area contributed by atoms with E-state index in [2.05, 4.69) is 48.5 Å². The fraction of sp³-hybridized carbons (Fsp3) is 0.538. The quantitative estimate of drug-likeness (QED) is 0.809. The van der Waals surface area contributed by atoms with E-state index >= 15 is 0 Å². The van der Waals surface area contributed by atoms with Gasteiger partial charge in [-0.25, -0.2) is 0 Å². The first-order chi connectivity index (χ1) is 7.81. The molecule has 88 valence electrons. The normalized spacial score (nSPS) is 20.0. The van der Waals surface area contributed by atoms with E-state index in [1.165, 1.54) is 17.0 Å². The molecule has 1 N–H and O–H groups in total. The topological polar surface area (TPSA) is 15.3 Å². The number of hydrogen-bond acceptors (Lipinski definition) is 3. The van der Waals surface area contributed by atoms with Crippen LogP contribution < -0.4 is 10.2 Å². The molecule has 0 spiro atoms. The van der Waals surface area contributed by atoms with Crippen molar-refractivity contribution in [1.82, 2.24) is 5.32 Å². The average molecular weight is 236 g/mol. The Morgan fingerprint density at radius 2 is 2.12 bits per heavy atom. The second-order valence-corrected chi connectivity index (χ2v) is 5.52. The minimum absolute atomic E-state index is 0.657. The van der Waals surface area contributed by atoms with Gasteiger partial charge in [0, 0.05) is 30.2 Å². The van der Waals surface area contributed by atoms with Crippen molar-refractivity contribution in [2.75, 3.05) is 30.8 Å². The molecule has 0 radical (unpaired) electrons. The van der Waals surface area contributed by atoms with E-state index in [0.717, 1.165) is 18.8 Å². The Bertz CT molecular complexity index is 317. The second kappa shape index (κ2) is 5.60. The summed E-state index contributed by atoms with van der Waals surface area (Å²) in [6.07, 6.45) is 1.25. The molecule has 1 saturated heterocycles. The van der Waals surface area contributed by atoms with Gasteiger partial charge < -0.3 is 10.2 Å². The van der Waals surface area contributed by atoms with E-state index < -0.39 is 0 Å². The maximum absolute atomic E-state index is 3.41. The van der Waals surface area contributed by atoms with Crippen LogP contribution in [-0.2, 0) is 0 Å². The van der Waals surface area contributed by atoms with Crippen molar-refractivity contribution < 1.29 is 0 Å². The van der Waals surface area contributed by atoms with Crippen LogP contribution in [0.4, 0.5) is 5.69 Å². The zero-order chi connectivity index (χ0) is 11.4. The van der Waals surface area contributed by atoms with Gasteiger partial charge in [0.2, 0.25) is 0 Å². The van der Waals surface area contributed by atoms with Gasteiger partial charge in [-0.3, -0.25) is 0 Å². The third kappa shape index (κ3) is 2.71. The van der Waals surface area contributed by atoms with Crippen LogP contribution in [0.15, 0.2) is 29.2 Å². The lowest BCUT2D eigenvalue weighted by molar-refractivity contribution is 0.685. The molecule has 0 amide bonds. The maximum Gasteiger partial charge on any atom is 0.0423 e. The number of thioether (sulfide) groups is 1. The van der Waals surface area contributed by atoms with E-state index in [1.807, 2.05) is 11.8 Å². The lowest BCUT2D eigenvalue weighted by Gasteiger charge is -2.26. The van der Waals surface area contributed by atoms with Gasteiger partial charge >= 0.3 is 0 Å². The van der Waals surface area contributed by atoms with Crippen LogP contribution in [0.3, 0.4) is 0 Å². The Morgan fingerprint density at radius 3 is 2.69 bits per heavy atom. The Labute approximate surface area is 102 Å². The fourth-order valence-electron chi connectivity index (χ4n) is 2.12. The zero-order valence-electron chi connectivity index (χ0n) is 10.1. The highest BCUT2D eigenvalue weighted by Crippen LogP contribution is 2.23. The first-order valence-electron chi connectivity index (χ1n) is 5.97. The zero-order valence-corrected chi connectivity index (χ0v) is 10.9. The molecule has 0 aliphatic carbocycles. The molecule has 2 rings (SSSR count). The summed E-state index contributed by atoms with van der Waals surface area (Å²) >= 11 is 1.90. The summed E-state index contributed by atoms with van der Waals surface area (Å²) in [5, 5.41) is 3.41. The summed E-state index contributed by atoms with van der Waals surface area (Å²) in [6, 6.07) is 9.57. The summed E-state index contributed by atoms with van der Waals surface area (Å²) < 4.78 is 0. The predicted molar refractivity (Wildman–Crippen MR) is 72.5 cm³/mol. The third-order valence-corrected chi connectivity index (χ3v) is 4.03. The lowest BCUT2D eigenvalue weighted by Crippen LogP contribution is -2.33. The summed E-state index contributed by atoms with van der Waals surface area (Å²) in [4.78, 5) is 3.75. The van der Waals surface area contributed by atoms with Gasteiger partial charge in [0.15, 0.2) is 0 Å². The predicted octanol–water partition coefficient (Wildman–Crippen LogP) is 2.60. The van der Waals surface area contributed by atoms with Crippen molar-refractivity contribution in [1.29, 1.82) is 0 Å². The summed E-state index contributed by atoms with van der Waals surface area (Å²) in [5.41, 5.74) is 1.33. The fourth-order valence-corrected chi connectivity index (χ4v) is 2.79. The van der Waals surface area contributed by atoms with Crippen molar-refractivity contribution in [3.63, 3.8) is 0 Å². The van der Waals surface area contributed by atoms with E-state index in [1.54, 1.807) is 0 Å². The third-order valence-electron chi connectivity index (χ3n) is 3.14. The Balaban J connectivity index is 2.02. The van der Waals surface area contributed by atoms with E-state index in [4.69, 9.17) is 0 Å². The molecule has 1 heterocycles. The van der Waals surface area contributed by atoms with Gasteiger partial charge in [-0.2, -0.15) is 0 Å². The van der Waals surface area contributed by atoms with Crippen molar-refractivity contribution in [3.05, 3.63) is 24.3 Å². The molecule has 1 unspecified atom stereocenters. The second-order valence-electron chi connectivity index (χ2n) is 4.18. The van der Waals surface area contributed by atoms with E-state index in [-0.39, 0.29) is 0 Å². The molecular weight excluding hydrogens is 216 g/mol. The van der Waals surface area contributed by atoms with Crippen molar-refractivity contribution in [3.8, 4) is 0 Å². The number of benzene rings is 1. The largest absolute Gasteiger partial charge is 0.370 e. The number of rotatable bonds is 4. The van der Waals surface area contributed by atoms with Crippen LogP contribution in [-0.4, -0.2) is 31.9 Å². The molecule has 1 atom stereocenters. The number of nitrogens with one attached hydrogen (secondary N) is 1. The highest BCUT2D eigenvalue weighted by atomic mass is 32.2. The van der Waals surface area contributed by atoms with Crippen molar-refractivity contribution >= 4 is 17.4 Å². The van der Waals surface area contributed by atoms with Gasteiger partial charge in [-0.15, -0.1) is 11.8 Å². The van der Waals surface area contributed by atoms with Gasteiger partial charge in [0.1, 0.15) is 0 Å². The monoisotopic (exact) mass is 236 g/mol. The minimum Gasteiger partial charge on any atom is -0.370 e. The van der Waals surface area contributed by atoms with Crippen LogP contribution in [0.2, 0.25) is 0 Å². The van der Waals surface area contributed by atoms with Gasteiger partial charge in [0.25, 0.3) is 0 Å². The van der Waals surface area contributed by atoms with E-state index in [9.17, 15) is 0 Å². The molecule has 2 nitrogen and oxygen atoms in total. The SMILES string of the molecule is CCSc1ccc(N(C)C2CCNC2)cc1. The van der Waals surface area contributed by atoms with Crippen LogP contribution in [0.25, 0.3) is 0 Å². The Hall–Kier alpha value is -0.670. The molecule has 1 aliphatic heterocycles. The summed E-state index contributed by atoms with van der Waals surface area (Å²) in [7, 11) is 2.19. The molecule has 0 bridgehead atoms. The molecule has 3 heteroatoms. The first kappa shape index (κ1) is 11.8. The first-order valence-corrected chi connectivity index (χ1v) is 6.96. The summed E-state index contributed by atoms with van der Waals surface area (Å²) in [6.45, 7) is 4.45. The minimum atomic E-state index is 0.657. The molecule has 1 aromatic carbocycles. The molecule has 1 aromatic rings. The average Bonchev–Trinajstić information content (AvgIpc) is 2.83. The molecule has 0 aromatic heterocycles. The highest BCUT2D eigenvalue weighted by Gasteiger charge is 2.19. The maximum atomic E-state index is 3.41. The highest BCUT2D eigenvalue weighted by molar-refractivity contribution is 7.99. The molecule has 1 aliphatic rings. The molecular formula is C13H20N2S. The van der Waals surface area contributed by atoms with Crippen molar-refractivity contribution in [2.24, 2.45) is 0 Å². The van der Waals surface area contributed by atoms with Crippen LogP contribution >= 0.6 is 11.8 Å². The van der Waals surface area contributed by atoms with Gasteiger partial charge in [0.05, 0.1) is 0 Å². The van der Waals surface area contributed by atoms with Gasteiger partial charge in [-0.05, 0) is 43.0 Å². The number of likely N-dealkylation sites (N-methyl/N-ethyl adjacent to an activating group) is 1. The van der Waals surface area contributed by atoms with Crippen LogP contribution in [0, 0.1) is 0 Å². The van der Waals surface area contributed by atoms with Gasteiger partial charge in [-0.1, -0.05) is 6.92 Å². The smallest absolute Gasteiger partial charge is 0.0423 e. The summed E-state index contributed by atoms with van der Waals surface area (Å²) in [5.74, 6) is 1.14.